The average molecular weight is 332 g/mol. The fourth-order valence-corrected chi connectivity index (χ4v) is 2.33. The molecule has 1 aromatic heterocycles. The van der Waals surface area contributed by atoms with Gasteiger partial charge in [-0.25, -0.2) is 9.97 Å². The van der Waals surface area contributed by atoms with Crippen LogP contribution in [0.1, 0.15) is 10.5 Å². The lowest BCUT2D eigenvalue weighted by atomic mass is 10.3. The van der Waals surface area contributed by atoms with E-state index in [4.69, 9.17) is 34.8 Å². The van der Waals surface area contributed by atoms with Crippen LogP contribution >= 0.6 is 34.8 Å². The Bertz CT molecular complexity index is 623. The number of hydrogen-bond donors (Lipinski definition) is 2. The number of benzene rings is 1. The summed E-state index contributed by atoms with van der Waals surface area (Å²) >= 11 is 17.8. The summed E-state index contributed by atoms with van der Waals surface area (Å²) < 4.78 is 0. The Morgan fingerprint density at radius 3 is 2.25 bits per heavy atom. The molecule has 0 aliphatic heterocycles. The molecule has 0 aliphatic carbocycles. The molecule has 8 heteroatoms. The predicted molar refractivity (Wildman–Crippen MR) is 81.0 cm³/mol. The highest BCUT2D eigenvalue weighted by Gasteiger charge is 2.14. The van der Waals surface area contributed by atoms with E-state index in [1.807, 2.05) is 0 Å². The first kappa shape index (κ1) is 14.8. The zero-order valence-electron chi connectivity index (χ0n) is 10.2. The first-order valence-electron chi connectivity index (χ1n) is 5.47. The summed E-state index contributed by atoms with van der Waals surface area (Å²) in [5.41, 5.74) is 0.424. The van der Waals surface area contributed by atoms with Gasteiger partial charge in [0.25, 0.3) is 5.91 Å². The van der Waals surface area contributed by atoms with Gasteiger partial charge in [0.05, 0.1) is 28.1 Å². The van der Waals surface area contributed by atoms with Crippen molar-refractivity contribution in [2.45, 2.75) is 0 Å². The number of nitrogens with zero attached hydrogens (tertiary/aromatic N) is 2. The second-order valence-corrected chi connectivity index (χ2v) is 4.99. The van der Waals surface area contributed by atoms with Crippen LogP contribution in [-0.4, -0.2) is 22.9 Å². The van der Waals surface area contributed by atoms with Gasteiger partial charge in [0.2, 0.25) is 0 Å². The fourth-order valence-electron chi connectivity index (χ4n) is 1.41. The van der Waals surface area contributed by atoms with Crippen molar-refractivity contribution in [3.8, 4) is 0 Å². The molecule has 5 nitrogen and oxygen atoms in total. The molecule has 0 aliphatic rings. The Hall–Kier alpha value is -1.56. The van der Waals surface area contributed by atoms with E-state index < -0.39 is 5.91 Å². The minimum absolute atomic E-state index is 0.145. The molecule has 0 atom stereocenters. The summed E-state index contributed by atoms with van der Waals surface area (Å²) in [5, 5.41) is 6.26. The molecule has 1 heterocycles. The lowest BCUT2D eigenvalue weighted by Crippen LogP contribution is -2.15. The van der Waals surface area contributed by atoms with Crippen molar-refractivity contribution in [2.24, 2.45) is 0 Å². The van der Waals surface area contributed by atoms with Crippen LogP contribution in [0.5, 0.6) is 0 Å². The zero-order chi connectivity index (χ0) is 14.7. The molecule has 2 aromatic rings. The van der Waals surface area contributed by atoms with Crippen molar-refractivity contribution in [3.05, 3.63) is 45.3 Å². The number of carbonyl (C=O) groups excluding carboxylic acids is 1. The molecular weight excluding hydrogens is 323 g/mol. The van der Waals surface area contributed by atoms with Crippen LogP contribution in [0.25, 0.3) is 0 Å². The van der Waals surface area contributed by atoms with Gasteiger partial charge in [0, 0.05) is 12.1 Å². The molecule has 0 unspecified atom stereocenters. The first-order valence-corrected chi connectivity index (χ1v) is 6.60. The Labute approximate surface area is 130 Å². The summed E-state index contributed by atoms with van der Waals surface area (Å²) in [6, 6.07) is 2.97. The first-order chi connectivity index (χ1) is 9.51. The van der Waals surface area contributed by atoms with Crippen molar-refractivity contribution in [1.29, 1.82) is 0 Å². The molecule has 0 saturated carbocycles. The minimum Gasteiger partial charge on any atom is -0.372 e. The van der Waals surface area contributed by atoms with E-state index in [1.165, 1.54) is 24.5 Å². The average Bonchev–Trinajstić information content (AvgIpc) is 2.42. The molecule has 0 fully saturated rings. The Kier molecular flexibility index (Phi) is 4.65. The topological polar surface area (TPSA) is 66.9 Å². The number of aromatic nitrogens is 2. The fraction of sp³-hybridized carbons (Fsp3) is 0.0833. The van der Waals surface area contributed by atoms with E-state index in [0.717, 1.165) is 0 Å². The van der Waals surface area contributed by atoms with Crippen molar-refractivity contribution >= 4 is 52.2 Å². The maximum atomic E-state index is 12.0. The summed E-state index contributed by atoms with van der Waals surface area (Å²) in [6.07, 6.45) is 2.79. The molecule has 20 heavy (non-hydrogen) atoms. The zero-order valence-corrected chi connectivity index (χ0v) is 12.5. The van der Waals surface area contributed by atoms with Gasteiger partial charge in [-0.1, -0.05) is 34.8 Å². The smallest absolute Gasteiger partial charge is 0.275 e. The van der Waals surface area contributed by atoms with Crippen molar-refractivity contribution in [3.63, 3.8) is 0 Å². The number of anilines is 2. The SMILES string of the molecule is CNc1cnc(C(=O)Nc2c(Cl)cc(Cl)cc2Cl)cn1. The van der Waals surface area contributed by atoms with Crippen LogP contribution in [0.15, 0.2) is 24.5 Å². The van der Waals surface area contributed by atoms with E-state index in [9.17, 15) is 4.79 Å². The third kappa shape index (κ3) is 3.30. The standard InChI is InChI=1S/C12H9Cl3N4O/c1-16-10-5-17-9(4-18-10)12(20)19-11-7(14)2-6(13)3-8(11)15/h2-5H,1H3,(H,16,18)(H,19,20). The largest absolute Gasteiger partial charge is 0.372 e. The minimum atomic E-state index is -0.466. The van der Waals surface area contributed by atoms with Crippen LogP contribution in [0.3, 0.4) is 0 Å². The molecular formula is C12H9Cl3N4O. The Balaban J connectivity index is 2.23. The summed E-state index contributed by atoms with van der Waals surface area (Å²) in [7, 11) is 1.71. The lowest BCUT2D eigenvalue weighted by Gasteiger charge is -2.09. The highest BCUT2D eigenvalue weighted by Crippen LogP contribution is 2.33. The maximum Gasteiger partial charge on any atom is 0.275 e. The molecule has 1 aromatic carbocycles. The number of halogens is 3. The molecule has 0 radical (unpaired) electrons. The Morgan fingerprint density at radius 2 is 1.75 bits per heavy atom. The second-order valence-electron chi connectivity index (χ2n) is 3.74. The van der Waals surface area contributed by atoms with Crippen molar-refractivity contribution in [2.75, 3.05) is 17.7 Å². The second kappa shape index (κ2) is 6.26. The third-order valence-electron chi connectivity index (χ3n) is 2.39. The molecule has 1 amide bonds. The van der Waals surface area contributed by atoms with Gasteiger partial charge < -0.3 is 10.6 Å². The highest BCUT2D eigenvalue weighted by molar-refractivity contribution is 6.42. The number of rotatable bonds is 3. The number of hydrogen-bond acceptors (Lipinski definition) is 4. The molecule has 0 bridgehead atoms. The van der Waals surface area contributed by atoms with Gasteiger partial charge >= 0.3 is 0 Å². The molecule has 0 spiro atoms. The van der Waals surface area contributed by atoms with Crippen LogP contribution in [0.4, 0.5) is 11.5 Å². The van der Waals surface area contributed by atoms with Crippen molar-refractivity contribution < 1.29 is 4.79 Å². The molecule has 0 saturated heterocycles. The molecule has 2 N–H and O–H groups in total. The van der Waals surface area contributed by atoms with Gasteiger partial charge in [-0.2, -0.15) is 0 Å². The Morgan fingerprint density at radius 1 is 1.10 bits per heavy atom. The normalized spacial score (nSPS) is 10.2. The van der Waals surface area contributed by atoms with Crippen LogP contribution in [0.2, 0.25) is 15.1 Å². The summed E-state index contributed by atoms with van der Waals surface area (Å²) in [5.74, 6) is 0.0929. The molecule has 104 valence electrons. The summed E-state index contributed by atoms with van der Waals surface area (Å²) in [4.78, 5) is 20.0. The molecule has 2 rings (SSSR count). The van der Waals surface area contributed by atoms with E-state index >= 15 is 0 Å². The van der Waals surface area contributed by atoms with Crippen LogP contribution in [0, 0.1) is 0 Å². The van der Waals surface area contributed by atoms with Gasteiger partial charge in [-0.15, -0.1) is 0 Å². The third-order valence-corrected chi connectivity index (χ3v) is 3.20. The monoisotopic (exact) mass is 330 g/mol. The predicted octanol–water partition coefficient (Wildman–Crippen LogP) is 3.73. The van der Waals surface area contributed by atoms with Crippen LogP contribution < -0.4 is 10.6 Å². The van der Waals surface area contributed by atoms with Crippen LogP contribution in [-0.2, 0) is 0 Å². The number of nitrogens with one attached hydrogen (secondary N) is 2. The van der Waals surface area contributed by atoms with Crippen molar-refractivity contribution in [1.82, 2.24) is 9.97 Å². The number of carbonyl (C=O) groups is 1. The van der Waals surface area contributed by atoms with Gasteiger partial charge in [0.15, 0.2) is 0 Å². The lowest BCUT2D eigenvalue weighted by molar-refractivity contribution is 0.102. The number of amides is 1. The van der Waals surface area contributed by atoms with Gasteiger partial charge in [-0.05, 0) is 12.1 Å². The van der Waals surface area contributed by atoms with E-state index in [1.54, 1.807) is 7.05 Å². The highest BCUT2D eigenvalue weighted by atomic mass is 35.5. The quantitative estimate of drug-likeness (QED) is 0.899. The van der Waals surface area contributed by atoms with Gasteiger partial charge in [-0.3, -0.25) is 4.79 Å². The van der Waals surface area contributed by atoms with Gasteiger partial charge in [0.1, 0.15) is 11.5 Å². The van der Waals surface area contributed by atoms with E-state index in [2.05, 4.69) is 20.6 Å². The van der Waals surface area contributed by atoms with E-state index in [0.29, 0.717) is 10.8 Å². The maximum absolute atomic E-state index is 12.0. The summed E-state index contributed by atoms with van der Waals surface area (Å²) in [6.45, 7) is 0. The van der Waals surface area contributed by atoms with E-state index in [-0.39, 0.29) is 21.4 Å².